The number of nitrogen functional groups attached to an aromatic ring is 1. The molecule has 0 unspecified atom stereocenters. The number of carbonyl (C=O) groups is 1. The summed E-state index contributed by atoms with van der Waals surface area (Å²) in [5.74, 6) is -0.170. The second-order valence-electron chi connectivity index (χ2n) is 5.31. The first-order valence-electron chi connectivity index (χ1n) is 6.07. The van der Waals surface area contributed by atoms with Crippen LogP contribution in [0.15, 0.2) is 6.20 Å². The zero-order chi connectivity index (χ0) is 12.5. The lowest BCUT2D eigenvalue weighted by atomic mass is 9.89. The predicted molar refractivity (Wildman–Crippen MR) is 66.5 cm³/mol. The third-order valence-electron chi connectivity index (χ3n) is 3.56. The molecule has 1 aliphatic carbocycles. The second kappa shape index (κ2) is 4.39. The van der Waals surface area contributed by atoms with E-state index in [2.05, 4.69) is 17.3 Å². The molecule has 3 N–H and O–H groups in total. The monoisotopic (exact) mass is 236 g/mol. The number of nitrogens with two attached hydrogens (primary N) is 1. The number of anilines is 1. The molecule has 17 heavy (non-hydrogen) atoms. The van der Waals surface area contributed by atoms with E-state index in [0.717, 1.165) is 0 Å². The largest absolute Gasteiger partial charge is 0.396 e. The van der Waals surface area contributed by atoms with Gasteiger partial charge in [0.1, 0.15) is 0 Å². The van der Waals surface area contributed by atoms with Crippen LogP contribution < -0.4 is 11.1 Å². The molecule has 5 nitrogen and oxygen atoms in total. The normalized spacial score (nSPS) is 18.2. The fourth-order valence-electron chi connectivity index (χ4n) is 2.47. The van der Waals surface area contributed by atoms with E-state index in [-0.39, 0.29) is 11.3 Å². The van der Waals surface area contributed by atoms with E-state index in [1.807, 2.05) is 0 Å². The summed E-state index contributed by atoms with van der Waals surface area (Å²) in [6, 6.07) is 0. The molecule has 0 bridgehead atoms. The van der Waals surface area contributed by atoms with Crippen LogP contribution in [0.4, 0.5) is 5.69 Å². The van der Waals surface area contributed by atoms with Gasteiger partial charge in [0.15, 0.2) is 5.69 Å². The zero-order valence-electron chi connectivity index (χ0n) is 10.5. The van der Waals surface area contributed by atoms with Gasteiger partial charge >= 0.3 is 0 Å². The van der Waals surface area contributed by atoms with Crippen LogP contribution in [0.2, 0.25) is 0 Å². The van der Waals surface area contributed by atoms with E-state index in [1.165, 1.54) is 25.7 Å². The summed E-state index contributed by atoms with van der Waals surface area (Å²) in [5, 5.41) is 7.00. The summed E-state index contributed by atoms with van der Waals surface area (Å²) in [7, 11) is 1.76. The highest BCUT2D eigenvalue weighted by Gasteiger charge is 2.29. The molecule has 1 saturated carbocycles. The fraction of sp³-hybridized carbons (Fsp3) is 0.667. The maximum atomic E-state index is 11.9. The summed E-state index contributed by atoms with van der Waals surface area (Å²) in [4.78, 5) is 11.9. The van der Waals surface area contributed by atoms with Crippen LogP contribution in [0, 0.1) is 5.41 Å². The van der Waals surface area contributed by atoms with E-state index in [9.17, 15) is 4.79 Å². The summed E-state index contributed by atoms with van der Waals surface area (Å²) >= 11 is 0. The molecule has 1 aromatic heterocycles. The molecule has 1 aromatic rings. The third-order valence-corrected chi connectivity index (χ3v) is 3.56. The molecule has 0 atom stereocenters. The highest BCUT2D eigenvalue weighted by Crippen LogP contribution is 2.36. The van der Waals surface area contributed by atoms with E-state index in [1.54, 1.807) is 17.9 Å². The van der Waals surface area contributed by atoms with Gasteiger partial charge in [-0.25, -0.2) is 0 Å². The first-order valence-corrected chi connectivity index (χ1v) is 6.07. The van der Waals surface area contributed by atoms with Crippen molar-refractivity contribution in [2.75, 3.05) is 12.3 Å². The zero-order valence-corrected chi connectivity index (χ0v) is 10.5. The van der Waals surface area contributed by atoms with E-state index >= 15 is 0 Å². The van der Waals surface area contributed by atoms with Crippen LogP contribution in [0.25, 0.3) is 0 Å². The first-order chi connectivity index (χ1) is 8.00. The van der Waals surface area contributed by atoms with Crippen LogP contribution in [-0.2, 0) is 7.05 Å². The topological polar surface area (TPSA) is 72.9 Å². The Balaban J connectivity index is 1.95. The van der Waals surface area contributed by atoms with Crippen LogP contribution in [0.3, 0.4) is 0 Å². The molecule has 2 rings (SSSR count). The van der Waals surface area contributed by atoms with Gasteiger partial charge in [-0.3, -0.25) is 9.48 Å². The summed E-state index contributed by atoms with van der Waals surface area (Å²) in [5.41, 5.74) is 6.72. The van der Waals surface area contributed by atoms with Gasteiger partial charge in [0, 0.05) is 19.8 Å². The average Bonchev–Trinajstić information content (AvgIpc) is 2.83. The number of amides is 1. The average molecular weight is 236 g/mol. The Kier molecular flexibility index (Phi) is 3.09. The van der Waals surface area contributed by atoms with Crippen molar-refractivity contribution < 1.29 is 4.79 Å². The van der Waals surface area contributed by atoms with Gasteiger partial charge in [0.05, 0.1) is 5.69 Å². The summed E-state index contributed by atoms with van der Waals surface area (Å²) < 4.78 is 1.56. The van der Waals surface area contributed by atoms with Crippen molar-refractivity contribution in [3.05, 3.63) is 11.9 Å². The van der Waals surface area contributed by atoms with Gasteiger partial charge in [-0.1, -0.05) is 19.8 Å². The summed E-state index contributed by atoms with van der Waals surface area (Å²) in [6.07, 6.45) is 6.54. The van der Waals surface area contributed by atoms with Gasteiger partial charge in [-0.2, -0.15) is 5.10 Å². The van der Waals surface area contributed by atoms with Gasteiger partial charge < -0.3 is 11.1 Å². The fourth-order valence-corrected chi connectivity index (χ4v) is 2.47. The van der Waals surface area contributed by atoms with E-state index < -0.39 is 0 Å². The van der Waals surface area contributed by atoms with E-state index in [0.29, 0.717) is 17.9 Å². The second-order valence-corrected chi connectivity index (χ2v) is 5.31. The number of carbonyl (C=O) groups excluding carboxylic acids is 1. The summed E-state index contributed by atoms with van der Waals surface area (Å²) in [6.45, 7) is 2.93. The highest BCUT2D eigenvalue weighted by atomic mass is 16.2. The Morgan fingerprint density at radius 3 is 2.76 bits per heavy atom. The van der Waals surface area contributed by atoms with Crippen molar-refractivity contribution in [1.82, 2.24) is 15.1 Å². The number of hydrogen-bond acceptors (Lipinski definition) is 3. The Hall–Kier alpha value is -1.52. The lowest BCUT2D eigenvalue weighted by molar-refractivity contribution is 0.0929. The maximum Gasteiger partial charge on any atom is 0.273 e. The molecule has 94 valence electrons. The number of hydrogen-bond donors (Lipinski definition) is 2. The lowest BCUT2D eigenvalue weighted by Gasteiger charge is -2.23. The van der Waals surface area contributed by atoms with Crippen LogP contribution >= 0.6 is 0 Å². The molecule has 0 aliphatic heterocycles. The Labute approximate surface area is 101 Å². The molecule has 1 fully saturated rings. The molecule has 0 saturated heterocycles. The molecule has 1 heterocycles. The molecule has 5 heteroatoms. The Morgan fingerprint density at radius 2 is 2.24 bits per heavy atom. The smallest absolute Gasteiger partial charge is 0.273 e. The van der Waals surface area contributed by atoms with Crippen molar-refractivity contribution in [1.29, 1.82) is 0 Å². The highest BCUT2D eigenvalue weighted by molar-refractivity contribution is 5.96. The van der Waals surface area contributed by atoms with E-state index in [4.69, 9.17) is 5.73 Å². The number of nitrogens with one attached hydrogen (secondary N) is 1. The van der Waals surface area contributed by atoms with Gasteiger partial charge in [0.2, 0.25) is 0 Å². The van der Waals surface area contributed by atoms with Crippen LogP contribution in [0.5, 0.6) is 0 Å². The quantitative estimate of drug-likeness (QED) is 0.831. The predicted octanol–water partition coefficient (Wildman–Crippen LogP) is 1.31. The van der Waals surface area contributed by atoms with Crippen molar-refractivity contribution in [3.63, 3.8) is 0 Å². The van der Waals surface area contributed by atoms with Gasteiger partial charge in [0.25, 0.3) is 5.91 Å². The van der Waals surface area contributed by atoms with Gasteiger partial charge in [-0.15, -0.1) is 0 Å². The van der Waals surface area contributed by atoms with Crippen molar-refractivity contribution in [2.45, 2.75) is 32.6 Å². The molecule has 1 amide bonds. The number of aromatic nitrogens is 2. The SMILES string of the molecule is Cn1cc(N)c(C(=O)NCC2(C)CCCC2)n1. The molecular formula is C12H20N4O. The van der Waals surface area contributed by atoms with Crippen molar-refractivity contribution in [2.24, 2.45) is 12.5 Å². The number of aryl methyl sites for hydroxylation is 1. The lowest BCUT2D eigenvalue weighted by Crippen LogP contribution is -2.34. The molecule has 1 aliphatic rings. The van der Waals surface area contributed by atoms with Crippen LogP contribution in [-0.4, -0.2) is 22.2 Å². The molecular weight excluding hydrogens is 216 g/mol. The minimum absolute atomic E-state index is 0.170. The minimum atomic E-state index is -0.170. The first kappa shape index (κ1) is 12.0. The Morgan fingerprint density at radius 1 is 1.59 bits per heavy atom. The minimum Gasteiger partial charge on any atom is -0.396 e. The van der Waals surface area contributed by atoms with Gasteiger partial charge in [-0.05, 0) is 18.3 Å². The van der Waals surface area contributed by atoms with Crippen molar-refractivity contribution >= 4 is 11.6 Å². The number of rotatable bonds is 3. The maximum absolute atomic E-state index is 11.9. The van der Waals surface area contributed by atoms with Crippen LogP contribution in [0.1, 0.15) is 43.1 Å². The molecule has 0 radical (unpaired) electrons. The third kappa shape index (κ3) is 2.60. The van der Waals surface area contributed by atoms with Crippen molar-refractivity contribution in [3.8, 4) is 0 Å². The standard InChI is InChI=1S/C12H20N4O/c1-12(5-3-4-6-12)8-14-11(17)10-9(13)7-16(2)15-10/h7H,3-6,8,13H2,1-2H3,(H,14,17). The molecule has 0 spiro atoms. The molecule has 0 aromatic carbocycles. The Bertz CT molecular complexity index is 418. The number of nitrogens with zero attached hydrogens (tertiary/aromatic N) is 2.